The van der Waals surface area contributed by atoms with Gasteiger partial charge in [0.25, 0.3) is 5.91 Å². The van der Waals surface area contributed by atoms with Crippen LogP contribution in [0.5, 0.6) is 0 Å². The monoisotopic (exact) mass is 506 g/mol. The van der Waals surface area contributed by atoms with Crippen LogP contribution in [0.25, 0.3) is 11.3 Å². The van der Waals surface area contributed by atoms with Crippen LogP contribution in [0, 0.1) is 0 Å². The maximum Gasteiger partial charge on any atom is 0.251 e. The van der Waals surface area contributed by atoms with Crippen LogP contribution in [-0.2, 0) is 21.2 Å². The fourth-order valence-corrected chi connectivity index (χ4v) is 4.69. The lowest BCUT2D eigenvalue weighted by atomic mass is 10.1. The molecule has 3 aromatic rings. The molecule has 0 aliphatic heterocycles. The molecule has 176 valence electrons. The van der Waals surface area contributed by atoms with E-state index in [0.29, 0.717) is 5.01 Å². The first-order chi connectivity index (χ1) is 15.2. The minimum Gasteiger partial charge on any atom is -0.341 e. The Morgan fingerprint density at radius 2 is 1.82 bits per heavy atom. The first-order valence-electron chi connectivity index (χ1n) is 9.78. The van der Waals surface area contributed by atoms with Gasteiger partial charge in [-0.15, -0.1) is 11.3 Å². The van der Waals surface area contributed by atoms with E-state index in [1.165, 1.54) is 49.7 Å². The Morgan fingerprint density at radius 3 is 2.45 bits per heavy atom. The standard InChI is InChI=1S/C22H24N4O4S2.H2S/c1-26(2)32(29,30)17-10-6-9-16(11-17)22(28)25-18(13-23)20(27)12-21-24-19(14-31-21)15-7-4-3-5-8-15;/h3-11,14,18H,12-13,23H2,1-2H3,(H,25,28);1H2/t18-;/m0./s1. The number of Topliss-reactive ketones (excluding diaryl/α,β-unsaturated/α-hetero) is 1. The van der Waals surface area contributed by atoms with Gasteiger partial charge >= 0.3 is 0 Å². The number of rotatable bonds is 9. The van der Waals surface area contributed by atoms with Gasteiger partial charge in [-0.3, -0.25) is 9.59 Å². The molecule has 0 aliphatic carbocycles. The van der Waals surface area contributed by atoms with Crippen molar-refractivity contribution in [3.05, 3.63) is 70.5 Å². The van der Waals surface area contributed by atoms with Crippen LogP contribution in [0.1, 0.15) is 15.4 Å². The van der Waals surface area contributed by atoms with Crippen LogP contribution < -0.4 is 11.1 Å². The Hall–Kier alpha value is -2.57. The molecule has 0 unspecified atom stereocenters. The number of ketones is 1. The summed E-state index contributed by atoms with van der Waals surface area (Å²) in [6.07, 6.45) is 0.0364. The Balaban J connectivity index is 0.00000385. The third kappa shape index (κ3) is 6.49. The molecule has 0 saturated heterocycles. The molecule has 8 nitrogen and oxygen atoms in total. The summed E-state index contributed by atoms with van der Waals surface area (Å²) in [7, 11) is -0.870. The van der Waals surface area contributed by atoms with Crippen LogP contribution in [0.4, 0.5) is 0 Å². The van der Waals surface area contributed by atoms with Crippen molar-refractivity contribution >= 4 is 46.5 Å². The van der Waals surface area contributed by atoms with Crippen molar-refractivity contribution in [1.29, 1.82) is 0 Å². The number of thiazole rings is 1. The molecule has 0 radical (unpaired) electrons. The fourth-order valence-electron chi connectivity index (χ4n) is 2.93. The van der Waals surface area contributed by atoms with E-state index in [2.05, 4.69) is 10.3 Å². The highest BCUT2D eigenvalue weighted by atomic mass is 32.2. The number of aromatic nitrogens is 1. The van der Waals surface area contributed by atoms with E-state index in [9.17, 15) is 18.0 Å². The fraction of sp³-hybridized carbons (Fsp3) is 0.227. The minimum absolute atomic E-state index is 0. The second kappa shape index (κ2) is 11.5. The van der Waals surface area contributed by atoms with E-state index < -0.39 is 22.0 Å². The molecule has 1 amide bonds. The van der Waals surface area contributed by atoms with Crippen molar-refractivity contribution in [1.82, 2.24) is 14.6 Å². The summed E-state index contributed by atoms with van der Waals surface area (Å²) in [6, 6.07) is 14.3. The lowest BCUT2D eigenvalue weighted by molar-refractivity contribution is -0.120. The summed E-state index contributed by atoms with van der Waals surface area (Å²) < 4.78 is 25.7. The molecule has 0 bridgehead atoms. The van der Waals surface area contributed by atoms with Gasteiger partial charge in [0.15, 0.2) is 5.78 Å². The third-order valence-corrected chi connectivity index (χ3v) is 7.41. The number of amides is 1. The number of nitrogens with zero attached hydrogens (tertiary/aromatic N) is 2. The molecule has 0 aliphatic rings. The van der Waals surface area contributed by atoms with Gasteiger partial charge in [0, 0.05) is 37.1 Å². The number of sulfonamides is 1. The van der Waals surface area contributed by atoms with E-state index in [1.54, 1.807) is 0 Å². The zero-order chi connectivity index (χ0) is 23.3. The quantitative estimate of drug-likeness (QED) is 0.458. The van der Waals surface area contributed by atoms with Crippen molar-refractivity contribution in [2.45, 2.75) is 17.4 Å². The predicted octanol–water partition coefficient (Wildman–Crippen LogP) is 2.04. The van der Waals surface area contributed by atoms with E-state index in [-0.39, 0.29) is 42.7 Å². The molecule has 11 heteroatoms. The number of hydrogen-bond acceptors (Lipinski definition) is 7. The van der Waals surface area contributed by atoms with Gasteiger partial charge in [0.2, 0.25) is 10.0 Å². The molecular formula is C22H26N4O4S3. The van der Waals surface area contributed by atoms with Gasteiger partial charge in [-0.1, -0.05) is 36.4 Å². The lowest BCUT2D eigenvalue weighted by Gasteiger charge is -2.16. The first-order valence-corrected chi connectivity index (χ1v) is 12.1. The molecule has 33 heavy (non-hydrogen) atoms. The zero-order valence-electron chi connectivity index (χ0n) is 18.2. The topological polar surface area (TPSA) is 122 Å². The Bertz CT molecular complexity index is 1210. The van der Waals surface area contributed by atoms with Crippen LogP contribution in [0.2, 0.25) is 0 Å². The summed E-state index contributed by atoms with van der Waals surface area (Å²) in [5.41, 5.74) is 7.60. The Labute approximate surface area is 204 Å². The highest BCUT2D eigenvalue weighted by molar-refractivity contribution is 7.89. The lowest BCUT2D eigenvalue weighted by Crippen LogP contribution is -2.46. The number of nitrogens with one attached hydrogen (secondary N) is 1. The molecule has 1 heterocycles. The van der Waals surface area contributed by atoms with Gasteiger partial charge in [-0.25, -0.2) is 17.7 Å². The SMILES string of the molecule is CN(C)S(=O)(=O)c1cccc(C(=O)N[C@@H](CN)C(=O)Cc2nc(-c3ccccc3)cs2)c1.S. The highest BCUT2D eigenvalue weighted by Gasteiger charge is 2.23. The van der Waals surface area contributed by atoms with Crippen molar-refractivity contribution < 1.29 is 18.0 Å². The maximum absolute atomic E-state index is 12.7. The molecule has 2 aromatic carbocycles. The second-order valence-corrected chi connectivity index (χ2v) is 10.3. The number of benzene rings is 2. The van der Waals surface area contributed by atoms with Crippen molar-refractivity contribution in [3.8, 4) is 11.3 Å². The molecule has 3 rings (SSSR count). The minimum atomic E-state index is -3.69. The number of carbonyl (C=O) groups is 2. The summed E-state index contributed by atoms with van der Waals surface area (Å²) >= 11 is 1.37. The summed E-state index contributed by atoms with van der Waals surface area (Å²) in [4.78, 5) is 29.9. The molecule has 3 N–H and O–H groups in total. The summed E-state index contributed by atoms with van der Waals surface area (Å²) in [5.74, 6) is -0.847. The molecule has 1 atom stereocenters. The normalized spacial score (nSPS) is 12.1. The van der Waals surface area contributed by atoms with E-state index >= 15 is 0 Å². The first kappa shape index (κ1) is 26.7. The van der Waals surface area contributed by atoms with Crippen molar-refractivity contribution in [2.24, 2.45) is 5.73 Å². The maximum atomic E-state index is 12.7. The Morgan fingerprint density at radius 1 is 1.12 bits per heavy atom. The molecule has 0 spiro atoms. The van der Waals surface area contributed by atoms with Gasteiger partial charge < -0.3 is 11.1 Å². The van der Waals surface area contributed by atoms with Gasteiger partial charge in [0.1, 0.15) is 11.0 Å². The summed E-state index contributed by atoms with van der Waals surface area (Å²) in [6.45, 7) is -0.0861. The van der Waals surface area contributed by atoms with Crippen molar-refractivity contribution in [3.63, 3.8) is 0 Å². The van der Waals surface area contributed by atoms with Crippen molar-refractivity contribution in [2.75, 3.05) is 20.6 Å². The number of hydrogen-bond donors (Lipinski definition) is 2. The number of nitrogens with two attached hydrogens (primary N) is 1. The van der Waals surface area contributed by atoms with E-state index in [0.717, 1.165) is 15.6 Å². The molecule has 1 aromatic heterocycles. The van der Waals surface area contributed by atoms with Gasteiger partial charge in [0.05, 0.1) is 17.0 Å². The predicted molar refractivity (Wildman–Crippen MR) is 134 cm³/mol. The molecular weight excluding hydrogens is 480 g/mol. The van der Waals surface area contributed by atoms with Gasteiger partial charge in [-0.2, -0.15) is 13.5 Å². The second-order valence-electron chi connectivity index (χ2n) is 7.21. The van der Waals surface area contributed by atoms with Crippen LogP contribution in [0.15, 0.2) is 64.9 Å². The van der Waals surface area contributed by atoms with Crippen LogP contribution in [0.3, 0.4) is 0 Å². The Kier molecular flexibility index (Phi) is 9.32. The highest BCUT2D eigenvalue weighted by Crippen LogP contribution is 2.22. The largest absolute Gasteiger partial charge is 0.341 e. The zero-order valence-corrected chi connectivity index (χ0v) is 20.8. The molecule has 0 fully saturated rings. The third-order valence-electron chi connectivity index (χ3n) is 4.75. The average Bonchev–Trinajstić information content (AvgIpc) is 3.26. The van der Waals surface area contributed by atoms with E-state index in [1.807, 2.05) is 35.7 Å². The average molecular weight is 507 g/mol. The van der Waals surface area contributed by atoms with Gasteiger partial charge in [-0.05, 0) is 18.2 Å². The van der Waals surface area contributed by atoms with Crippen LogP contribution in [-0.4, -0.2) is 56.1 Å². The smallest absolute Gasteiger partial charge is 0.251 e. The number of carbonyl (C=O) groups excluding carboxylic acids is 2. The summed E-state index contributed by atoms with van der Waals surface area (Å²) in [5, 5.41) is 5.11. The molecule has 0 saturated carbocycles. The van der Waals surface area contributed by atoms with E-state index in [4.69, 9.17) is 5.73 Å². The van der Waals surface area contributed by atoms with Crippen LogP contribution >= 0.6 is 24.8 Å².